The molecule has 2 aliphatic rings. The number of carbonyl (C=O) groups excluding carboxylic acids is 1. The van der Waals surface area contributed by atoms with Crippen LogP contribution in [0.4, 0.5) is 46.6 Å². The fourth-order valence-electron chi connectivity index (χ4n) is 5.61. The van der Waals surface area contributed by atoms with Crippen molar-refractivity contribution in [2.45, 2.75) is 84.7 Å². The van der Waals surface area contributed by atoms with E-state index in [-0.39, 0.29) is 53.2 Å². The number of amides is 1. The van der Waals surface area contributed by atoms with Gasteiger partial charge in [0, 0.05) is 35.9 Å². The van der Waals surface area contributed by atoms with Crippen LogP contribution in [0, 0.1) is 25.5 Å². The van der Waals surface area contributed by atoms with Crippen LogP contribution < -0.4 is 30.7 Å². The molecule has 1 amide bonds. The summed E-state index contributed by atoms with van der Waals surface area (Å²) in [5.74, 6) is -5.06. The molecule has 1 saturated heterocycles. The van der Waals surface area contributed by atoms with E-state index in [1.807, 2.05) is 19.2 Å². The smallest absolute Gasteiger partial charge is 0.472 e. The molecular weight excluding hydrogens is 644 g/mol. The number of alkyl halides is 6. The van der Waals surface area contributed by atoms with Crippen molar-refractivity contribution in [2.24, 2.45) is 0 Å². The van der Waals surface area contributed by atoms with Gasteiger partial charge in [-0.15, -0.1) is 13.2 Å². The summed E-state index contributed by atoms with van der Waals surface area (Å²) in [4.78, 5) is 23.4. The van der Waals surface area contributed by atoms with Gasteiger partial charge >= 0.3 is 12.5 Å². The number of rotatable bonds is 5. The van der Waals surface area contributed by atoms with Gasteiger partial charge in [-0.3, -0.25) is 4.79 Å². The topological polar surface area (TPSA) is 115 Å². The summed E-state index contributed by atoms with van der Waals surface area (Å²) in [5.41, 5.74) is 4.47. The van der Waals surface area contributed by atoms with E-state index in [0.717, 1.165) is 6.07 Å². The van der Waals surface area contributed by atoms with Gasteiger partial charge in [0.05, 0.1) is 17.0 Å². The molecule has 258 valence electrons. The summed E-state index contributed by atoms with van der Waals surface area (Å²) >= 11 is 0. The van der Waals surface area contributed by atoms with Gasteiger partial charge in [-0.1, -0.05) is 20.8 Å². The number of fused-ring (bicyclic) bond motifs is 2. The predicted molar refractivity (Wildman–Crippen MR) is 158 cm³/mol. The molecule has 0 spiro atoms. The zero-order valence-corrected chi connectivity index (χ0v) is 26.3. The van der Waals surface area contributed by atoms with E-state index in [1.54, 1.807) is 18.7 Å². The fraction of sp³-hybridized carbons (Fsp3) is 0.500. The molecule has 4 atom stereocenters. The minimum atomic E-state index is -5.34. The summed E-state index contributed by atoms with van der Waals surface area (Å²) in [6.07, 6.45) is -11.2. The van der Waals surface area contributed by atoms with Crippen LogP contribution in [0.3, 0.4) is 0 Å². The Morgan fingerprint density at radius 2 is 1.81 bits per heavy atom. The number of aromatic nitrogens is 2. The highest BCUT2D eigenvalue weighted by Gasteiger charge is 2.44. The van der Waals surface area contributed by atoms with E-state index in [9.17, 15) is 35.5 Å². The maximum Gasteiger partial charge on any atom is 0.573 e. The van der Waals surface area contributed by atoms with Crippen LogP contribution in [-0.4, -0.2) is 65.7 Å². The molecule has 0 radical (unpaired) electrons. The molecule has 17 heteroatoms. The molecule has 47 heavy (non-hydrogen) atoms. The Kier molecular flexibility index (Phi) is 10.00. The minimum Gasteiger partial charge on any atom is -0.472 e. The van der Waals surface area contributed by atoms with Crippen molar-refractivity contribution in [2.75, 3.05) is 23.7 Å². The number of ether oxygens (including phenoxy) is 2. The Morgan fingerprint density at radius 3 is 2.40 bits per heavy atom. The van der Waals surface area contributed by atoms with Gasteiger partial charge < -0.3 is 30.7 Å². The standard InChI is InChI=1S/C28H28F8N6O3.C2H6/c1-5-18(27(31,32)33)40-25(43)16-9-42-17(8-38-16)12(4)44-26-20-19(10(2)11(3)39-24(20)42)21(30)22(41-26)14-6-13(37)7-15(29)23(14)45-28(34,35)36;1-2/h6-7,12,16-18,38H,5,8-9,37H2,1-4H3,(H,40,43);1-2H3/t12?,16?,17-,18?;/m0./s1. The predicted octanol–water partition coefficient (Wildman–Crippen LogP) is 6.08. The van der Waals surface area contributed by atoms with Crippen LogP contribution in [0.15, 0.2) is 12.1 Å². The minimum absolute atomic E-state index is 0.0131. The number of nitrogens with one attached hydrogen (secondary N) is 2. The molecule has 2 aromatic heterocycles. The van der Waals surface area contributed by atoms with Crippen molar-refractivity contribution in [3.05, 3.63) is 35.0 Å². The van der Waals surface area contributed by atoms with Crippen LogP contribution in [-0.2, 0) is 4.79 Å². The van der Waals surface area contributed by atoms with Gasteiger partial charge in [0.2, 0.25) is 11.8 Å². The SMILES string of the molecule is CC.CCC(NC(=O)C1CN2c3nc(C)c(C)c4c(F)c(-c5cc(N)cc(F)c5OC(F)(F)F)nc(c34)OC(C)[C@@H]2CN1)C(F)(F)F. The summed E-state index contributed by atoms with van der Waals surface area (Å²) in [5, 5.41) is 4.80. The molecule has 0 aliphatic carbocycles. The number of pyridine rings is 2. The van der Waals surface area contributed by atoms with Crippen LogP contribution in [0.2, 0.25) is 0 Å². The summed E-state index contributed by atoms with van der Waals surface area (Å²) < 4.78 is 121. The van der Waals surface area contributed by atoms with E-state index < -0.39 is 71.3 Å². The van der Waals surface area contributed by atoms with Crippen LogP contribution in [0.1, 0.15) is 45.4 Å². The Morgan fingerprint density at radius 1 is 1.15 bits per heavy atom. The molecule has 9 nitrogen and oxygen atoms in total. The van der Waals surface area contributed by atoms with Crippen molar-refractivity contribution < 1.29 is 49.4 Å². The molecule has 3 aromatic rings. The summed E-state index contributed by atoms with van der Waals surface area (Å²) in [7, 11) is 0. The lowest BCUT2D eigenvalue weighted by Crippen LogP contribution is -2.65. The lowest BCUT2D eigenvalue weighted by Gasteiger charge is -2.42. The first kappa shape index (κ1) is 35.7. The number of aryl methyl sites for hydroxylation is 2. The summed E-state index contributed by atoms with van der Waals surface area (Å²) in [6.45, 7) is 9.81. The molecule has 0 bridgehead atoms. The normalized spacial score (nSPS) is 20.0. The number of nitrogens with zero attached hydrogens (tertiary/aromatic N) is 3. The quantitative estimate of drug-likeness (QED) is 0.220. The lowest BCUT2D eigenvalue weighted by atomic mass is 9.99. The number of nitrogen functional groups attached to an aromatic ring is 1. The third-order valence-electron chi connectivity index (χ3n) is 7.96. The third kappa shape index (κ3) is 6.94. The van der Waals surface area contributed by atoms with Gasteiger partial charge in [-0.05, 0) is 38.8 Å². The average Bonchev–Trinajstić information content (AvgIpc) is 3.09. The lowest BCUT2D eigenvalue weighted by molar-refractivity contribution is -0.275. The van der Waals surface area contributed by atoms with E-state index in [1.165, 1.54) is 13.8 Å². The number of halogens is 8. The first-order chi connectivity index (χ1) is 21.9. The van der Waals surface area contributed by atoms with E-state index in [4.69, 9.17) is 10.5 Å². The number of carbonyl (C=O) groups is 1. The maximum atomic E-state index is 16.5. The van der Waals surface area contributed by atoms with E-state index in [0.29, 0.717) is 11.8 Å². The summed E-state index contributed by atoms with van der Waals surface area (Å²) in [6, 6.07) is -2.31. The van der Waals surface area contributed by atoms with Crippen molar-refractivity contribution in [1.82, 2.24) is 20.6 Å². The number of benzene rings is 1. The van der Waals surface area contributed by atoms with Gasteiger partial charge in [0.15, 0.2) is 17.4 Å². The number of hydrogen-bond acceptors (Lipinski definition) is 8. The number of nitrogens with two attached hydrogens (primary N) is 1. The van der Waals surface area contributed by atoms with Gasteiger partial charge in [-0.25, -0.2) is 18.7 Å². The Labute approximate surface area is 264 Å². The molecule has 1 fully saturated rings. The molecule has 5 rings (SSSR count). The zero-order chi connectivity index (χ0) is 35.2. The van der Waals surface area contributed by atoms with Crippen LogP contribution in [0.5, 0.6) is 11.6 Å². The molecule has 3 unspecified atom stereocenters. The number of hydrogen-bond donors (Lipinski definition) is 3. The Hall–Kier alpha value is -4.15. The molecular formula is C30H34F8N6O3. The second-order valence-corrected chi connectivity index (χ2v) is 10.9. The highest BCUT2D eigenvalue weighted by atomic mass is 19.4. The first-order valence-corrected chi connectivity index (χ1v) is 14.8. The third-order valence-corrected chi connectivity index (χ3v) is 7.96. The van der Waals surface area contributed by atoms with Crippen LogP contribution in [0.25, 0.3) is 22.0 Å². The van der Waals surface area contributed by atoms with Crippen molar-refractivity contribution in [3.63, 3.8) is 0 Å². The molecule has 0 saturated carbocycles. The average molecular weight is 679 g/mol. The second-order valence-electron chi connectivity index (χ2n) is 10.9. The van der Waals surface area contributed by atoms with Crippen LogP contribution >= 0.6 is 0 Å². The molecule has 4 heterocycles. The first-order valence-electron chi connectivity index (χ1n) is 14.8. The number of piperazine rings is 1. The highest BCUT2D eigenvalue weighted by Crippen LogP contribution is 2.46. The maximum absolute atomic E-state index is 16.5. The monoisotopic (exact) mass is 678 g/mol. The zero-order valence-electron chi connectivity index (χ0n) is 26.3. The highest BCUT2D eigenvalue weighted by molar-refractivity contribution is 6.02. The Bertz CT molecular complexity index is 1670. The van der Waals surface area contributed by atoms with E-state index in [2.05, 4.69) is 20.0 Å². The molecule has 2 aliphatic heterocycles. The van der Waals surface area contributed by atoms with Crippen molar-refractivity contribution in [1.29, 1.82) is 0 Å². The van der Waals surface area contributed by atoms with Gasteiger partial charge in [0.1, 0.15) is 29.7 Å². The largest absolute Gasteiger partial charge is 0.573 e. The van der Waals surface area contributed by atoms with Gasteiger partial charge in [0.25, 0.3) is 0 Å². The second kappa shape index (κ2) is 13.2. The number of anilines is 2. The van der Waals surface area contributed by atoms with Crippen molar-refractivity contribution >= 4 is 28.2 Å². The Balaban J connectivity index is 0.00000245. The van der Waals surface area contributed by atoms with Crippen molar-refractivity contribution in [3.8, 4) is 22.9 Å². The van der Waals surface area contributed by atoms with Gasteiger partial charge in [-0.2, -0.15) is 13.2 Å². The molecule has 1 aromatic carbocycles. The fourth-order valence-corrected chi connectivity index (χ4v) is 5.61. The molecule has 4 N–H and O–H groups in total. The van der Waals surface area contributed by atoms with E-state index >= 15 is 4.39 Å².